The van der Waals surface area contributed by atoms with Gasteiger partial charge in [-0.15, -0.1) is 0 Å². The van der Waals surface area contributed by atoms with Gasteiger partial charge in [-0.2, -0.15) is 4.98 Å². The molecule has 1 aromatic rings. The quantitative estimate of drug-likeness (QED) is 0.286. The van der Waals surface area contributed by atoms with Crippen LogP contribution < -0.4 is 11.2 Å². The second-order valence-electron chi connectivity index (χ2n) is 7.43. The van der Waals surface area contributed by atoms with Gasteiger partial charge in [0.05, 0.1) is 11.0 Å². The molecule has 29 heavy (non-hydrogen) atoms. The zero-order chi connectivity index (χ0) is 20.5. The van der Waals surface area contributed by atoms with Crippen molar-refractivity contribution in [3.8, 4) is 11.5 Å². The maximum atomic E-state index is 12.2. The topological polar surface area (TPSA) is 97.7 Å². The Morgan fingerprint density at radius 1 is 0.862 bits per heavy atom. The van der Waals surface area contributed by atoms with E-state index in [-0.39, 0.29) is 5.69 Å². The second kappa shape index (κ2) is 10.6. The summed E-state index contributed by atoms with van der Waals surface area (Å²) in [5.74, 6) is 0.354. The predicted octanol–water partition coefficient (Wildman–Crippen LogP) is 3.68. The third-order valence-electron chi connectivity index (χ3n) is 5.22. The smallest absolute Gasteiger partial charge is 0.322 e. The van der Waals surface area contributed by atoms with Crippen molar-refractivity contribution in [3.05, 3.63) is 45.1 Å². The van der Waals surface area contributed by atoms with Crippen LogP contribution in [0, 0.1) is 0 Å². The number of aryl methyl sites for hydroxylation is 1. The Morgan fingerprint density at radius 2 is 1.52 bits per heavy atom. The summed E-state index contributed by atoms with van der Waals surface area (Å²) >= 11 is 0. The van der Waals surface area contributed by atoms with E-state index in [9.17, 15) is 14.4 Å². The third-order valence-corrected chi connectivity index (χ3v) is 5.22. The largest absolute Gasteiger partial charge is 0.349 e. The van der Waals surface area contributed by atoms with Crippen molar-refractivity contribution in [1.29, 1.82) is 0 Å². The lowest BCUT2D eigenvalue weighted by atomic mass is 10.1. The highest BCUT2D eigenvalue weighted by Crippen LogP contribution is 2.21. The standard InChI is InChI=1S/C22H28N4O3/c27-16-12-8-6-4-2-1-3-5-7-11-15-26-18-14-10-9-13-17(18)23-19-20(26)24-22(29)25-21(19)28/h9-10,13-14,16H,1-8,11-12,15H2,(H,25,28,29). The van der Waals surface area contributed by atoms with Crippen LogP contribution >= 0.6 is 0 Å². The van der Waals surface area contributed by atoms with Crippen molar-refractivity contribution in [2.75, 3.05) is 0 Å². The molecule has 0 spiro atoms. The van der Waals surface area contributed by atoms with E-state index in [4.69, 9.17) is 0 Å². The van der Waals surface area contributed by atoms with Gasteiger partial charge in [0, 0.05) is 13.0 Å². The van der Waals surface area contributed by atoms with Gasteiger partial charge in [0.15, 0.2) is 11.5 Å². The maximum Gasteiger partial charge on any atom is 0.349 e. The van der Waals surface area contributed by atoms with Gasteiger partial charge in [0.1, 0.15) is 6.29 Å². The first kappa shape index (κ1) is 20.9. The number of nitrogens with one attached hydrogen (secondary N) is 1. The van der Waals surface area contributed by atoms with E-state index in [1.807, 2.05) is 28.8 Å². The van der Waals surface area contributed by atoms with Crippen LogP contribution in [0.4, 0.5) is 0 Å². The number of carbonyl (C=O) groups is 1. The van der Waals surface area contributed by atoms with Gasteiger partial charge >= 0.3 is 5.69 Å². The van der Waals surface area contributed by atoms with E-state index in [1.54, 1.807) is 0 Å². The highest BCUT2D eigenvalue weighted by atomic mass is 16.2. The summed E-state index contributed by atoms with van der Waals surface area (Å²) in [6.07, 6.45) is 11.9. The average molecular weight is 396 g/mol. The summed E-state index contributed by atoms with van der Waals surface area (Å²) in [6.45, 7) is 0.696. The fourth-order valence-electron chi connectivity index (χ4n) is 3.71. The van der Waals surface area contributed by atoms with Gasteiger partial charge in [-0.1, -0.05) is 57.1 Å². The molecular formula is C22H28N4O3. The molecule has 7 nitrogen and oxygen atoms in total. The Bertz CT molecular complexity index is 1020. The van der Waals surface area contributed by atoms with Crippen molar-refractivity contribution in [1.82, 2.24) is 19.5 Å². The molecule has 0 unspecified atom stereocenters. The summed E-state index contributed by atoms with van der Waals surface area (Å²) in [4.78, 5) is 44.8. The maximum absolute atomic E-state index is 12.2. The molecule has 0 atom stereocenters. The number of fused-ring (bicyclic) bond motifs is 2. The van der Waals surface area contributed by atoms with Crippen LogP contribution in [0.1, 0.15) is 64.2 Å². The summed E-state index contributed by atoms with van der Waals surface area (Å²) in [6, 6.07) is 7.62. The molecule has 2 heterocycles. The zero-order valence-electron chi connectivity index (χ0n) is 16.7. The van der Waals surface area contributed by atoms with Crippen molar-refractivity contribution < 1.29 is 4.79 Å². The van der Waals surface area contributed by atoms with Crippen LogP contribution in [0.5, 0.6) is 0 Å². The first-order chi connectivity index (χ1) is 14.2. The lowest BCUT2D eigenvalue weighted by Crippen LogP contribution is -2.28. The van der Waals surface area contributed by atoms with Crippen LogP contribution in [-0.4, -0.2) is 25.8 Å². The summed E-state index contributed by atoms with van der Waals surface area (Å²) in [7, 11) is 0. The van der Waals surface area contributed by atoms with Crippen LogP contribution in [0.25, 0.3) is 22.6 Å². The van der Waals surface area contributed by atoms with E-state index in [0.717, 1.165) is 49.4 Å². The molecule has 1 N–H and O–H groups in total. The van der Waals surface area contributed by atoms with Crippen LogP contribution in [0.3, 0.4) is 0 Å². The SMILES string of the molecule is O=CCCCCCCCCCCCn1c2nc(=O)[nH]c(=O)c-2nc2ccccc21. The third kappa shape index (κ3) is 5.59. The molecule has 0 saturated heterocycles. The highest BCUT2D eigenvalue weighted by molar-refractivity contribution is 5.79. The number of aromatic nitrogens is 4. The van der Waals surface area contributed by atoms with Gasteiger partial charge in [-0.3, -0.25) is 9.78 Å². The molecule has 154 valence electrons. The van der Waals surface area contributed by atoms with Crippen molar-refractivity contribution in [3.63, 3.8) is 0 Å². The Kier molecular flexibility index (Phi) is 7.67. The van der Waals surface area contributed by atoms with Gasteiger partial charge in [0.2, 0.25) is 0 Å². The average Bonchev–Trinajstić information content (AvgIpc) is 2.72. The van der Waals surface area contributed by atoms with E-state index in [2.05, 4.69) is 15.0 Å². The summed E-state index contributed by atoms with van der Waals surface area (Å²) in [5, 5.41) is 0. The number of H-pyrrole nitrogens is 1. The van der Waals surface area contributed by atoms with Gasteiger partial charge in [-0.25, -0.2) is 9.78 Å². The first-order valence-corrected chi connectivity index (χ1v) is 10.5. The normalized spacial score (nSPS) is 11.3. The van der Waals surface area contributed by atoms with E-state index in [1.165, 1.54) is 25.7 Å². The van der Waals surface area contributed by atoms with Crippen LogP contribution in [0.15, 0.2) is 33.9 Å². The van der Waals surface area contributed by atoms with Gasteiger partial charge in [0.25, 0.3) is 5.56 Å². The number of nitrogens with zero attached hydrogens (tertiary/aromatic N) is 3. The Morgan fingerprint density at radius 3 is 2.24 bits per heavy atom. The second-order valence-corrected chi connectivity index (χ2v) is 7.43. The van der Waals surface area contributed by atoms with Gasteiger partial charge in [-0.05, 0) is 25.0 Å². The number of rotatable bonds is 12. The van der Waals surface area contributed by atoms with Gasteiger partial charge < -0.3 is 9.36 Å². The molecule has 0 aromatic heterocycles. The first-order valence-electron chi connectivity index (χ1n) is 10.5. The zero-order valence-corrected chi connectivity index (χ0v) is 16.7. The molecule has 7 heteroatoms. The molecule has 0 radical (unpaired) electrons. The molecule has 3 rings (SSSR count). The molecule has 0 bridgehead atoms. The van der Waals surface area contributed by atoms with Crippen LogP contribution in [-0.2, 0) is 11.3 Å². The fraction of sp³-hybridized carbons (Fsp3) is 0.500. The molecule has 0 aliphatic carbocycles. The monoisotopic (exact) mass is 396 g/mol. The molecular weight excluding hydrogens is 368 g/mol. The minimum absolute atomic E-state index is 0.206. The van der Waals surface area contributed by atoms with E-state index in [0.29, 0.717) is 18.8 Å². The Balaban J connectivity index is 1.56. The number of aromatic amines is 1. The predicted molar refractivity (Wildman–Crippen MR) is 113 cm³/mol. The number of benzene rings is 1. The van der Waals surface area contributed by atoms with Crippen molar-refractivity contribution in [2.24, 2.45) is 0 Å². The number of unbranched alkanes of at least 4 members (excludes halogenated alkanes) is 9. The number of para-hydroxylation sites is 2. The molecule has 1 aromatic carbocycles. The number of hydrogen-bond donors (Lipinski definition) is 1. The minimum atomic E-state index is -0.638. The van der Waals surface area contributed by atoms with Crippen molar-refractivity contribution in [2.45, 2.75) is 70.8 Å². The summed E-state index contributed by atoms with van der Waals surface area (Å²) < 4.78 is 1.95. The molecule has 2 aliphatic heterocycles. The minimum Gasteiger partial charge on any atom is -0.322 e. The lowest BCUT2D eigenvalue weighted by Gasteiger charge is -2.16. The van der Waals surface area contributed by atoms with Crippen molar-refractivity contribution >= 4 is 17.3 Å². The Hall–Kier alpha value is -2.83. The van der Waals surface area contributed by atoms with Crippen LogP contribution in [0.2, 0.25) is 0 Å². The fourth-order valence-corrected chi connectivity index (χ4v) is 3.71. The number of aldehydes is 1. The molecule has 0 fully saturated rings. The molecule has 0 saturated carbocycles. The molecule has 2 aliphatic rings. The Labute approximate surface area is 169 Å². The highest BCUT2D eigenvalue weighted by Gasteiger charge is 2.17. The molecule has 0 amide bonds. The van der Waals surface area contributed by atoms with E-state index >= 15 is 0 Å². The van der Waals surface area contributed by atoms with E-state index < -0.39 is 11.2 Å². The lowest BCUT2D eigenvalue weighted by molar-refractivity contribution is -0.107. The number of hydrogen-bond acceptors (Lipinski definition) is 5. The summed E-state index contributed by atoms with van der Waals surface area (Å²) in [5.41, 5.74) is 0.681. The number of carbonyl (C=O) groups excluding carboxylic acids is 1.